The number of nitrogens with two attached hydrogens (primary N) is 1. The van der Waals surface area contributed by atoms with Crippen molar-refractivity contribution in [2.75, 3.05) is 0 Å². The Bertz CT molecular complexity index is 554. The first-order chi connectivity index (χ1) is 7.11. The molecule has 0 unspecified atom stereocenters. The molecule has 15 heavy (non-hydrogen) atoms. The number of carbonyl (C=O) groups is 1. The van der Waals surface area contributed by atoms with Crippen molar-refractivity contribution < 1.29 is 4.79 Å². The van der Waals surface area contributed by atoms with E-state index in [0.717, 1.165) is 0 Å². The van der Waals surface area contributed by atoms with E-state index in [1.54, 1.807) is 24.3 Å². The highest BCUT2D eigenvalue weighted by Gasteiger charge is 2.14. The molecule has 2 rings (SSSR count). The highest BCUT2D eigenvalue weighted by molar-refractivity contribution is 6.39. The summed E-state index contributed by atoms with van der Waals surface area (Å²) in [6.07, 6.45) is 0. The topological polar surface area (TPSA) is 56.0 Å². The van der Waals surface area contributed by atoms with E-state index in [0.29, 0.717) is 10.8 Å². The Kier molecular flexibility index (Phi) is 2.50. The van der Waals surface area contributed by atoms with Crippen molar-refractivity contribution in [2.24, 2.45) is 5.73 Å². The van der Waals surface area contributed by atoms with Gasteiger partial charge in [0.05, 0.1) is 5.56 Å². The van der Waals surface area contributed by atoms with Crippen LogP contribution in [0.2, 0.25) is 10.3 Å². The Morgan fingerprint density at radius 2 is 1.73 bits per heavy atom. The van der Waals surface area contributed by atoms with Crippen molar-refractivity contribution in [2.45, 2.75) is 0 Å². The van der Waals surface area contributed by atoms with E-state index >= 15 is 0 Å². The van der Waals surface area contributed by atoms with Crippen LogP contribution < -0.4 is 5.73 Å². The number of hydrogen-bond acceptors (Lipinski definition) is 2. The maximum absolute atomic E-state index is 11.2. The van der Waals surface area contributed by atoms with Gasteiger partial charge in [-0.2, -0.15) is 0 Å². The zero-order chi connectivity index (χ0) is 11.0. The molecular formula is C10H6Cl2N2O. The van der Waals surface area contributed by atoms with Crippen molar-refractivity contribution in [1.82, 2.24) is 4.98 Å². The molecule has 2 aromatic rings. The fourth-order valence-corrected chi connectivity index (χ4v) is 2.00. The second-order valence-electron chi connectivity index (χ2n) is 2.98. The predicted octanol–water partition coefficient (Wildman–Crippen LogP) is 2.64. The smallest absolute Gasteiger partial charge is 0.252 e. The Morgan fingerprint density at radius 3 is 2.33 bits per heavy atom. The van der Waals surface area contributed by atoms with Crippen LogP contribution in [0, 0.1) is 0 Å². The van der Waals surface area contributed by atoms with Crippen molar-refractivity contribution in [3.63, 3.8) is 0 Å². The van der Waals surface area contributed by atoms with Crippen molar-refractivity contribution in [1.29, 1.82) is 0 Å². The van der Waals surface area contributed by atoms with Crippen LogP contribution in [0.5, 0.6) is 0 Å². The van der Waals surface area contributed by atoms with Crippen molar-refractivity contribution in [3.8, 4) is 0 Å². The summed E-state index contributed by atoms with van der Waals surface area (Å²) in [6.45, 7) is 0. The predicted molar refractivity (Wildman–Crippen MR) is 60.3 cm³/mol. The molecule has 1 aromatic carbocycles. The second kappa shape index (κ2) is 3.68. The molecule has 0 radical (unpaired) electrons. The lowest BCUT2D eigenvalue weighted by Gasteiger charge is -2.06. The van der Waals surface area contributed by atoms with Gasteiger partial charge in [0.2, 0.25) is 0 Å². The molecule has 76 valence electrons. The van der Waals surface area contributed by atoms with Gasteiger partial charge in [-0.1, -0.05) is 47.5 Å². The van der Waals surface area contributed by atoms with E-state index in [9.17, 15) is 4.79 Å². The zero-order valence-electron chi connectivity index (χ0n) is 7.50. The zero-order valence-corrected chi connectivity index (χ0v) is 9.01. The fraction of sp³-hybridized carbons (Fsp3) is 0. The summed E-state index contributed by atoms with van der Waals surface area (Å²) in [4.78, 5) is 15.1. The number of amides is 1. The third-order valence-corrected chi connectivity index (χ3v) is 2.63. The minimum atomic E-state index is -0.611. The first kappa shape index (κ1) is 10.2. The average molecular weight is 241 g/mol. The Hall–Kier alpha value is -1.32. The van der Waals surface area contributed by atoms with E-state index in [2.05, 4.69) is 4.98 Å². The summed E-state index contributed by atoms with van der Waals surface area (Å²) in [5.74, 6) is -0.611. The van der Waals surface area contributed by atoms with Gasteiger partial charge in [-0.25, -0.2) is 4.98 Å². The number of aromatic nitrogens is 1. The van der Waals surface area contributed by atoms with Gasteiger partial charge in [-0.3, -0.25) is 4.79 Å². The van der Waals surface area contributed by atoms with Gasteiger partial charge in [0, 0.05) is 10.8 Å². The van der Waals surface area contributed by atoms with Crippen molar-refractivity contribution in [3.05, 3.63) is 40.1 Å². The summed E-state index contributed by atoms with van der Waals surface area (Å²) in [7, 11) is 0. The van der Waals surface area contributed by atoms with E-state index < -0.39 is 5.91 Å². The number of hydrogen-bond donors (Lipinski definition) is 1. The second-order valence-corrected chi connectivity index (χ2v) is 3.69. The number of fused-ring (bicyclic) bond motifs is 1. The lowest BCUT2D eigenvalue weighted by Crippen LogP contribution is -2.13. The third-order valence-electron chi connectivity index (χ3n) is 2.07. The van der Waals surface area contributed by atoms with Crippen LogP contribution in [-0.4, -0.2) is 10.9 Å². The summed E-state index contributed by atoms with van der Waals surface area (Å²) in [5, 5.41) is 1.58. The van der Waals surface area contributed by atoms with Gasteiger partial charge < -0.3 is 5.73 Å². The summed E-state index contributed by atoms with van der Waals surface area (Å²) >= 11 is 11.7. The molecule has 0 spiro atoms. The van der Waals surface area contributed by atoms with Gasteiger partial charge in [0.1, 0.15) is 10.3 Å². The van der Waals surface area contributed by atoms with E-state index in [1.807, 2.05) is 0 Å². The Morgan fingerprint density at radius 1 is 1.13 bits per heavy atom. The van der Waals surface area contributed by atoms with E-state index in [1.165, 1.54) is 0 Å². The van der Waals surface area contributed by atoms with Crippen LogP contribution in [0.3, 0.4) is 0 Å². The summed E-state index contributed by atoms with van der Waals surface area (Å²) in [5.41, 5.74) is 5.43. The maximum Gasteiger partial charge on any atom is 0.252 e. The van der Waals surface area contributed by atoms with Crippen LogP contribution in [0.1, 0.15) is 10.4 Å². The molecule has 0 aliphatic carbocycles. The number of benzene rings is 1. The molecular weight excluding hydrogens is 235 g/mol. The molecule has 3 nitrogen and oxygen atoms in total. The number of carbonyl (C=O) groups excluding carboxylic acids is 1. The van der Waals surface area contributed by atoms with Crippen LogP contribution in [0.15, 0.2) is 24.3 Å². The largest absolute Gasteiger partial charge is 0.365 e. The minimum absolute atomic E-state index is 0.0335. The molecule has 0 saturated heterocycles. The standard InChI is InChI=1S/C10H6Cl2N2O/c11-8-6-4-2-1-3-5(6)7(10(13)15)9(12)14-8/h1-4H,(H2,13,15). The van der Waals surface area contributed by atoms with E-state index in [4.69, 9.17) is 28.9 Å². The lowest BCUT2D eigenvalue weighted by atomic mass is 10.1. The number of rotatable bonds is 1. The number of halogens is 2. The average Bonchev–Trinajstić information content (AvgIpc) is 2.17. The van der Waals surface area contributed by atoms with Gasteiger partial charge in [0.15, 0.2) is 0 Å². The van der Waals surface area contributed by atoms with Crippen molar-refractivity contribution >= 4 is 39.9 Å². The minimum Gasteiger partial charge on any atom is -0.365 e. The highest BCUT2D eigenvalue weighted by atomic mass is 35.5. The van der Waals surface area contributed by atoms with Crippen LogP contribution in [0.4, 0.5) is 0 Å². The normalized spacial score (nSPS) is 10.5. The quantitative estimate of drug-likeness (QED) is 0.780. The number of pyridine rings is 1. The van der Waals surface area contributed by atoms with Gasteiger partial charge in [0.25, 0.3) is 5.91 Å². The molecule has 1 heterocycles. The molecule has 0 aliphatic heterocycles. The SMILES string of the molecule is NC(=O)c1c(Cl)nc(Cl)c2ccccc12. The first-order valence-electron chi connectivity index (χ1n) is 4.15. The summed E-state index contributed by atoms with van der Waals surface area (Å²) < 4.78 is 0. The number of primary amides is 1. The molecule has 0 fully saturated rings. The lowest BCUT2D eigenvalue weighted by molar-refractivity contribution is 0.100. The molecule has 1 aromatic heterocycles. The molecule has 5 heteroatoms. The summed E-state index contributed by atoms with van der Waals surface area (Å²) in [6, 6.07) is 7.07. The molecule has 1 amide bonds. The van der Waals surface area contributed by atoms with Gasteiger partial charge in [-0.05, 0) is 0 Å². The van der Waals surface area contributed by atoms with Gasteiger partial charge >= 0.3 is 0 Å². The molecule has 0 aliphatic rings. The van der Waals surface area contributed by atoms with Crippen LogP contribution in [-0.2, 0) is 0 Å². The molecule has 0 atom stereocenters. The molecule has 2 N–H and O–H groups in total. The molecule has 0 bridgehead atoms. The van der Waals surface area contributed by atoms with Gasteiger partial charge in [-0.15, -0.1) is 0 Å². The maximum atomic E-state index is 11.2. The monoisotopic (exact) mass is 240 g/mol. The highest BCUT2D eigenvalue weighted by Crippen LogP contribution is 2.28. The Labute approximate surface area is 95.8 Å². The molecule has 0 saturated carbocycles. The van der Waals surface area contributed by atoms with E-state index in [-0.39, 0.29) is 15.9 Å². The number of nitrogens with zero attached hydrogens (tertiary/aromatic N) is 1. The Balaban J connectivity index is 2.96. The van der Waals surface area contributed by atoms with Crippen LogP contribution >= 0.6 is 23.2 Å². The first-order valence-corrected chi connectivity index (χ1v) is 4.90. The van der Waals surface area contributed by atoms with Crippen LogP contribution in [0.25, 0.3) is 10.8 Å². The fourth-order valence-electron chi connectivity index (χ4n) is 1.43. The third kappa shape index (κ3) is 1.64.